The SMILES string of the molecule is CCOC(CCNC(=NC)NCc1cccc(NC(C)=O)c1)C(C)C.I. The topological polar surface area (TPSA) is 74.8 Å². The maximum atomic E-state index is 11.1. The van der Waals surface area contributed by atoms with Gasteiger partial charge in [-0.25, -0.2) is 0 Å². The molecule has 1 amide bonds. The highest BCUT2D eigenvalue weighted by molar-refractivity contribution is 14.0. The maximum Gasteiger partial charge on any atom is 0.221 e. The lowest BCUT2D eigenvalue weighted by molar-refractivity contribution is -0.114. The smallest absolute Gasteiger partial charge is 0.221 e. The summed E-state index contributed by atoms with van der Waals surface area (Å²) in [6.45, 7) is 10.0. The van der Waals surface area contributed by atoms with Crippen molar-refractivity contribution in [3.05, 3.63) is 29.8 Å². The summed E-state index contributed by atoms with van der Waals surface area (Å²) >= 11 is 0. The van der Waals surface area contributed by atoms with Crippen LogP contribution in [0.3, 0.4) is 0 Å². The molecule has 7 heteroatoms. The molecule has 0 spiro atoms. The Kier molecular flexibility index (Phi) is 13.1. The number of nitrogens with zero attached hydrogens (tertiary/aromatic N) is 1. The number of hydrogen-bond donors (Lipinski definition) is 3. The molecular weight excluding hydrogens is 443 g/mol. The summed E-state index contributed by atoms with van der Waals surface area (Å²) in [7, 11) is 1.76. The van der Waals surface area contributed by atoms with Crippen LogP contribution >= 0.6 is 24.0 Å². The first-order valence-electron chi connectivity index (χ1n) is 8.88. The molecule has 0 saturated carbocycles. The van der Waals surface area contributed by atoms with E-state index in [0.717, 1.165) is 36.8 Å². The Morgan fingerprint density at radius 1 is 1.27 bits per heavy atom. The number of amides is 1. The highest BCUT2D eigenvalue weighted by Gasteiger charge is 2.12. The molecule has 0 radical (unpaired) electrons. The van der Waals surface area contributed by atoms with Crippen molar-refractivity contribution in [3.8, 4) is 0 Å². The molecule has 1 aromatic carbocycles. The van der Waals surface area contributed by atoms with E-state index < -0.39 is 0 Å². The molecule has 0 aliphatic carbocycles. The summed E-state index contributed by atoms with van der Waals surface area (Å²) in [5.74, 6) is 1.17. The van der Waals surface area contributed by atoms with Crippen LogP contribution in [0.5, 0.6) is 0 Å². The Morgan fingerprint density at radius 2 is 2.00 bits per heavy atom. The minimum absolute atomic E-state index is 0. The predicted octanol–water partition coefficient (Wildman–Crippen LogP) is 3.38. The number of benzene rings is 1. The van der Waals surface area contributed by atoms with Crippen LogP contribution in [0.4, 0.5) is 5.69 Å². The van der Waals surface area contributed by atoms with Crippen molar-refractivity contribution in [3.63, 3.8) is 0 Å². The van der Waals surface area contributed by atoms with Crippen LogP contribution in [0.1, 0.15) is 39.7 Å². The second-order valence-electron chi connectivity index (χ2n) is 6.26. The van der Waals surface area contributed by atoms with Gasteiger partial charge in [-0.3, -0.25) is 9.79 Å². The third kappa shape index (κ3) is 9.96. The van der Waals surface area contributed by atoms with Gasteiger partial charge >= 0.3 is 0 Å². The van der Waals surface area contributed by atoms with Crippen LogP contribution in [0, 0.1) is 5.92 Å². The van der Waals surface area contributed by atoms with Crippen LogP contribution in [-0.2, 0) is 16.1 Å². The van der Waals surface area contributed by atoms with Gasteiger partial charge in [-0.15, -0.1) is 24.0 Å². The van der Waals surface area contributed by atoms with Gasteiger partial charge in [-0.2, -0.15) is 0 Å². The highest BCUT2D eigenvalue weighted by Crippen LogP contribution is 2.11. The van der Waals surface area contributed by atoms with E-state index in [2.05, 4.69) is 34.8 Å². The summed E-state index contributed by atoms with van der Waals surface area (Å²) in [6.07, 6.45) is 1.19. The molecule has 6 nitrogen and oxygen atoms in total. The van der Waals surface area contributed by atoms with Gasteiger partial charge in [0.15, 0.2) is 5.96 Å². The van der Waals surface area contributed by atoms with Gasteiger partial charge < -0.3 is 20.7 Å². The summed E-state index contributed by atoms with van der Waals surface area (Å²) in [5.41, 5.74) is 1.87. The van der Waals surface area contributed by atoms with E-state index in [1.807, 2.05) is 31.2 Å². The second-order valence-corrected chi connectivity index (χ2v) is 6.26. The quantitative estimate of drug-likeness (QED) is 0.290. The standard InChI is InChI=1S/C19H32N4O2.HI/c1-6-25-18(14(2)3)10-11-21-19(20-5)22-13-16-8-7-9-17(12-16)23-15(4)24;/h7-9,12,14,18H,6,10-11,13H2,1-5H3,(H,23,24)(H2,20,21,22);1H. The van der Waals surface area contributed by atoms with E-state index in [1.165, 1.54) is 6.92 Å². The Hall–Kier alpha value is -1.35. The van der Waals surface area contributed by atoms with Gasteiger partial charge in [-0.05, 0) is 37.0 Å². The number of halogens is 1. The number of nitrogens with one attached hydrogen (secondary N) is 3. The van der Waals surface area contributed by atoms with E-state index in [1.54, 1.807) is 7.05 Å². The molecule has 0 heterocycles. The molecule has 0 aliphatic heterocycles. The van der Waals surface area contributed by atoms with Crippen molar-refractivity contribution in [2.45, 2.75) is 46.8 Å². The summed E-state index contributed by atoms with van der Waals surface area (Å²) in [4.78, 5) is 15.4. The number of rotatable bonds is 9. The second kappa shape index (κ2) is 13.8. The van der Waals surface area contributed by atoms with Crippen LogP contribution in [-0.4, -0.2) is 38.2 Å². The van der Waals surface area contributed by atoms with Crippen molar-refractivity contribution in [2.24, 2.45) is 10.9 Å². The molecule has 26 heavy (non-hydrogen) atoms. The van der Waals surface area contributed by atoms with Crippen molar-refractivity contribution in [1.29, 1.82) is 0 Å². The number of carbonyl (C=O) groups is 1. The Balaban J connectivity index is 0.00000625. The van der Waals surface area contributed by atoms with E-state index in [0.29, 0.717) is 12.5 Å². The zero-order chi connectivity index (χ0) is 18.7. The molecule has 0 fully saturated rings. The lowest BCUT2D eigenvalue weighted by Crippen LogP contribution is -2.38. The van der Waals surface area contributed by atoms with E-state index in [9.17, 15) is 4.79 Å². The fraction of sp³-hybridized carbons (Fsp3) is 0.579. The molecule has 148 valence electrons. The molecule has 1 atom stereocenters. The van der Waals surface area contributed by atoms with E-state index >= 15 is 0 Å². The van der Waals surface area contributed by atoms with Crippen molar-refractivity contribution in [1.82, 2.24) is 10.6 Å². The summed E-state index contributed by atoms with van der Waals surface area (Å²) in [5, 5.41) is 9.40. The minimum atomic E-state index is -0.0726. The number of guanidine groups is 1. The third-order valence-electron chi connectivity index (χ3n) is 3.78. The molecule has 0 aromatic heterocycles. The largest absolute Gasteiger partial charge is 0.378 e. The number of hydrogen-bond acceptors (Lipinski definition) is 3. The molecule has 1 unspecified atom stereocenters. The lowest BCUT2D eigenvalue weighted by atomic mass is 10.0. The van der Waals surface area contributed by atoms with Crippen molar-refractivity contribution >= 4 is 41.5 Å². The van der Waals surface area contributed by atoms with E-state index in [-0.39, 0.29) is 36.0 Å². The monoisotopic (exact) mass is 476 g/mol. The van der Waals surface area contributed by atoms with Crippen LogP contribution in [0.15, 0.2) is 29.3 Å². The van der Waals surface area contributed by atoms with Gasteiger partial charge in [0, 0.05) is 39.4 Å². The molecule has 1 rings (SSSR count). The Bertz CT molecular complexity index is 564. The van der Waals surface area contributed by atoms with Gasteiger partial charge in [-0.1, -0.05) is 26.0 Å². The third-order valence-corrected chi connectivity index (χ3v) is 3.78. The fourth-order valence-electron chi connectivity index (χ4n) is 2.52. The fourth-order valence-corrected chi connectivity index (χ4v) is 2.52. The highest BCUT2D eigenvalue weighted by atomic mass is 127. The molecule has 0 bridgehead atoms. The minimum Gasteiger partial charge on any atom is -0.378 e. The van der Waals surface area contributed by atoms with E-state index in [4.69, 9.17) is 4.74 Å². The van der Waals surface area contributed by atoms with Crippen LogP contribution in [0.2, 0.25) is 0 Å². The molecular formula is C19H33IN4O2. The van der Waals surface area contributed by atoms with Crippen molar-refractivity contribution in [2.75, 3.05) is 25.5 Å². The summed E-state index contributed by atoms with van der Waals surface area (Å²) < 4.78 is 5.76. The summed E-state index contributed by atoms with van der Waals surface area (Å²) in [6, 6.07) is 7.76. The molecule has 3 N–H and O–H groups in total. The van der Waals surface area contributed by atoms with Crippen LogP contribution in [0.25, 0.3) is 0 Å². The van der Waals surface area contributed by atoms with Crippen LogP contribution < -0.4 is 16.0 Å². The molecule has 0 saturated heterocycles. The first kappa shape index (κ1) is 24.7. The lowest BCUT2D eigenvalue weighted by Gasteiger charge is -2.21. The zero-order valence-corrected chi connectivity index (χ0v) is 18.8. The Morgan fingerprint density at radius 3 is 2.58 bits per heavy atom. The van der Waals surface area contributed by atoms with Gasteiger partial charge in [0.05, 0.1) is 6.10 Å². The average Bonchev–Trinajstić information content (AvgIpc) is 2.56. The average molecular weight is 476 g/mol. The van der Waals surface area contributed by atoms with Gasteiger partial charge in [0.2, 0.25) is 5.91 Å². The Labute approximate surface area is 174 Å². The number of ether oxygens (including phenoxy) is 1. The normalized spacial score (nSPS) is 12.3. The van der Waals surface area contributed by atoms with Gasteiger partial charge in [0.1, 0.15) is 0 Å². The maximum absolute atomic E-state index is 11.1. The molecule has 0 aliphatic rings. The number of anilines is 1. The predicted molar refractivity (Wildman–Crippen MR) is 119 cm³/mol. The molecule has 1 aromatic rings. The first-order valence-corrected chi connectivity index (χ1v) is 8.88. The zero-order valence-electron chi connectivity index (χ0n) is 16.5. The van der Waals surface area contributed by atoms with Crippen molar-refractivity contribution < 1.29 is 9.53 Å². The van der Waals surface area contributed by atoms with Gasteiger partial charge in [0.25, 0.3) is 0 Å². The first-order chi connectivity index (χ1) is 12.0. The number of aliphatic imine (C=N–C) groups is 1. The number of carbonyl (C=O) groups excluding carboxylic acids is 1.